The highest BCUT2D eigenvalue weighted by molar-refractivity contribution is 6.30. The zero-order valence-corrected chi connectivity index (χ0v) is 15.3. The summed E-state index contributed by atoms with van der Waals surface area (Å²) >= 11 is 6.28. The average Bonchev–Trinajstić information content (AvgIpc) is 2.62. The van der Waals surface area contributed by atoms with Crippen molar-refractivity contribution in [3.63, 3.8) is 0 Å². The van der Waals surface area contributed by atoms with E-state index in [9.17, 15) is 5.11 Å². The number of fused-ring (bicyclic) bond motifs is 2. The lowest BCUT2D eigenvalue weighted by atomic mass is 9.80. The first kappa shape index (κ1) is 17.3. The molecule has 4 heteroatoms. The van der Waals surface area contributed by atoms with Crippen LogP contribution in [0.1, 0.15) is 29.5 Å². The number of rotatable bonds is 4. The molecule has 0 saturated carbocycles. The summed E-state index contributed by atoms with van der Waals surface area (Å²) < 4.78 is 0. The van der Waals surface area contributed by atoms with Gasteiger partial charge in [-0.1, -0.05) is 35.9 Å². The molecular weight excluding hydrogens is 320 g/mol. The molecule has 1 atom stereocenters. The minimum absolute atomic E-state index is 0.660. The third-order valence-corrected chi connectivity index (χ3v) is 5.06. The van der Waals surface area contributed by atoms with Gasteiger partial charge >= 0.3 is 0 Å². The zero-order valence-electron chi connectivity index (χ0n) is 14.6. The normalized spacial score (nSPS) is 19.8. The second-order valence-electron chi connectivity index (χ2n) is 6.94. The molecule has 3 rings (SSSR count). The van der Waals surface area contributed by atoms with Crippen molar-refractivity contribution in [1.82, 2.24) is 4.90 Å². The maximum Gasteiger partial charge on any atom is 0.117 e. The molecule has 0 spiro atoms. The molecule has 0 bridgehead atoms. The second-order valence-corrected chi connectivity index (χ2v) is 7.38. The summed E-state index contributed by atoms with van der Waals surface area (Å²) in [6, 6.07) is 14.0. The maximum absolute atomic E-state index is 11.8. The van der Waals surface area contributed by atoms with Crippen LogP contribution in [0, 0.1) is 0 Å². The summed E-state index contributed by atoms with van der Waals surface area (Å²) in [7, 11) is 6.18. The number of hydrogen-bond donors (Lipinski definition) is 1. The van der Waals surface area contributed by atoms with Crippen LogP contribution in [-0.4, -0.2) is 37.7 Å². The molecule has 0 aromatic heterocycles. The minimum atomic E-state index is -1.02. The van der Waals surface area contributed by atoms with E-state index in [4.69, 9.17) is 11.6 Å². The van der Waals surface area contributed by atoms with Gasteiger partial charge in [0.2, 0.25) is 0 Å². The van der Waals surface area contributed by atoms with Gasteiger partial charge < -0.3 is 14.9 Å². The molecule has 0 radical (unpaired) electrons. The van der Waals surface area contributed by atoms with Gasteiger partial charge in [-0.25, -0.2) is 0 Å². The van der Waals surface area contributed by atoms with Gasteiger partial charge in [0.05, 0.1) is 0 Å². The Bertz CT molecular complexity index is 731. The van der Waals surface area contributed by atoms with Gasteiger partial charge in [-0.15, -0.1) is 0 Å². The Morgan fingerprint density at radius 3 is 2.67 bits per heavy atom. The van der Waals surface area contributed by atoms with Crippen molar-refractivity contribution in [3.05, 3.63) is 64.2 Å². The molecule has 3 nitrogen and oxygen atoms in total. The smallest absolute Gasteiger partial charge is 0.117 e. The number of aliphatic hydroxyl groups is 1. The van der Waals surface area contributed by atoms with Gasteiger partial charge in [-0.05, 0) is 62.8 Å². The fourth-order valence-corrected chi connectivity index (χ4v) is 3.81. The van der Waals surface area contributed by atoms with E-state index in [0.717, 1.165) is 36.3 Å². The fourth-order valence-electron chi connectivity index (χ4n) is 3.64. The quantitative estimate of drug-likeness (QED) is 0.912. The molecule has 2 aromatic carbocycles. The highest BCUT2D eigenvalue weighted by Gasteiger charge is 2.38. The van der Waals surface area contributed by atoms with Crippen LogP contribution >= 0.6 is 11.6 Å². The molecule has 0 fully saturated rings. The van der Waals surface area contributed by atoms with Crippen molar-refractivity contribution >= 4 is 17.3 Å². The van der Waals surface area contributed by atoms with Crippen LogP contribution in [0.4, 0.5) is 5.69 Å². The fraction of sp³-hybridized carbons (Fsp3) is 0.400. The zero-order chi connectivity index (χ0) is 17.3. The lowest BCUT2D eigenvalue weighted by Crippen LogP contribution is -2.29. The van der Waals surface area contributed by atoms with Gasteiger partial charge in [0.25, 0.3) is 0 Å². The summed E-state index contributed by atoms with van der Waals surface area (Å²) in [6.07, 6.45) is 1.58. The lowest BCUT2D eigenvalue weighted by Gasteiger charge is -2.31. The van der Waals surface area contributed by atoms with Crippen LogP contribution in [0.5, 0.6) is 0 Å². The first-order valence-corrected chi connectivity index (χ1v) is 8.76. The molecule has 1 N–H and O–H groups in total. The predicted octanol–water partition coefficient (Wildman–Crippen LogP) is 3.87. The molecule has 1 unspecified atom stereocenters. The largest absolute Gasteiger partial charge is 0.380 e. The van der Waals surface area contributed by atoms with Crippen molar-refractivity contribution in [2.24, 2.45) is 0 Å². The Balaban J connectivity index is 2.14. The van der Waals surface area contributed by atoms with Gasteiger partial charge in [0.1, 0.15) is 5.60 Å². The molecule has 0 aliphatic carbocycles. The minimum Gasteiger partial charge on any atom is -0.380 e. The standard InChI is InChI=1S/C20H25ClN2O/c1-22(2)12-6-11-20(24)17-8-5-4-7-15(17)14-23(3)19-10-9-16(21)13-18(19)20/h4-5,7-10,13,24H,6,11-12,14H2,1-3H3. The molecular formula is C20H25ClN2O. The van der Waals surface area contributed by atoms with Crippen molar-refractivity contribution in [2.45, 2.75) is 25.0 Å². The van der Waals surface area contributed by atoms with Gasteiger partial charge in [-0.3, -0.25) is 0 Å². The van der Waals surface area contributed by atoms with Crippen molar-refractivity contribution in [1.29, 1.82) is 0 Å². The monoisotopic (exact) mass is 344 g/mol. The third kappa shape index (κ3) is 3.16. The Hall–Kier alpha value is -1.55. The Kier molecular flexibility index (Phi) is 4.86. The van der Waals surface area contributed by atoms with E-state index in [1.54, 1.807) is 0 Å². The van der Waals surface area contributed by atoms with Crippen molar-refractivity contribution in [2.75, 3.05) is 32.6 Å². The predicted molar refractivity (Wildman–Crippen MR) is 101 cm³/mol. The van der Waals surface area contributed by atoms with E-state index >= 15 is 0 Å². The molecule has 0 amide bonds. The molecule has 1 aliphatic heterocycles. The summed E-state index contributed by atoms with van der Waals surface area (Å²) in [5.74, 6) is 0. The van der Waals surface area contributed by atoms with E-state index in [0.29, 0.717) is 11.4 Å². The Morgan fingerprint density at radius 1 is 1.17 bits per heavy atom. The van der Waals surface area contributed by atoms with Gasteiger partial charge in [0.15, 0.2) is 0 Å². The molecule has 0 saturated heterocycles. The molecule has 2 aromatic rings. The maximum atomic E-state index is 11.8. The van der Waals surface area contributed by atoms with Crippen LogP contribution in [0.3, 0.4) is 0 Å². The number of hydrogen-bond acceptors (Lipinski definition) is 3. The second kappa shape index (κ2) is 6.75. The molecule has 24 heavy (non-hydrogen) atoms. The highest BCUT2D eigenvalue weighted by Crippen LogP contribution is 2.44. The van der Waals surface area contributed by atoms with E-state index < -0.39 is 5.60 Å². The van der Waals surface area contributed by atoms with Gasteiger partial charge in [-0.2, -0.15) is 0 Å². The summed E-state index contributed by atoms with van der Waals surface area (Å²) in [5.41, 5.74) is 3.10. The van der Waals surface area contributed by atoms with E-state index in [2.05, 4.69) is 43.1 Å². The van der Waals surface area contributed by atoms with Crippen LogP contribution in [-0.2, 0) is 12.1 Å². The Labute approximate surface area is 149 Å². The number of halogens is 1. The average molecular weight is 345 g/mol. The highest BCUT2D eigenvalue weighted by atomic mass is 35.5. The van der Waals surface area contributed by atoms with Crippen molar-refractivity contribution < 1.29 is 5.11 Å². The van der Waals surface area contributed by atoms with Gasteiger partial charge in [0, 0.05) is 29.9 Å². The first-order chi connectivity index (χ1) is 11.4. The molecule has 128 valence electrons. The lowest BCUT2D eigenvalue weighted by molar-refractivity contribution is 0.0670. The van der Waals surface area contributed by atoms with Crippen LogP contribution in [0.25, 0.3) is 0 Å². The molecule has 1 aliphatic rings. The SMILES string of the molecule is CN(C)CCCC1(O)c2ccccc2CN(C)c2ccc(Cl)cc21. The summed E-state index contributed by atoms with van der Waals surface area (Å²) in [4.78, 5) is 4.34. The number of nitrogens with zero attached hydrogens (tertiary/aromatic N) is 2. The number of benzene rings is 2. The first-order valence-electron chi connectivity index (χ1n) is 8.38. The Morgan fingerprint density at radius 2 is 1.92 bits per heavy atom. The molecule has 1 heterocycles. The number of anilines is 1. The summed E-state index contributed by atoms with van der Waals surface area (Å²) in [5, 5.41) is 12.5. The van der Waals surface area contributed by atoms with E-state index in [1.165, 1.54) is 5.56 Å². The van der Waals surface area contributed by atoms with Crippen LogP contribution in [0.15, 0.2) is 42.5 Å². The van der Waals surface area contributed by atoms with Crippen LogP contribution < -0.4 is 4.90 Å². The summed E-state index contributed by atoms with van der Waals surface area (Å²) in [6.45, 7) is 1.72. The topological polar surface area (TPSA) is 26.7 Å². The van der Waals surface area contributed by atoms with Crippen LogP contribution in [0.2, 0.25) is 5.02 Å². The third-order valence-electron chi connectivity index (χ3n) is 4.83. The van der Waals surface area contributed by atoms with E-state index in [1.807, 2.05) is 30.3 Å². The van der Waals surface area contributed by atoms with Crippen molar-refractivity contribution in [3.8, 4) is 0 Å². The van der Waals surface area contributed by atoms with E-state index in [-0.39, 0.29) is 0 Å².